The summed E-state index contributed by atoms with van der Waals surface area (Å²) in [6.45, 7) is 12.1. The van der Waals surface area contributed by atoms with Gasteiger partial charge in [0.15, 0.2) is 11.9 Å². The molecule has 33 N–H and O–H groups in total. The van der Waals surface area contributed by atoms with Gasteiger partial charge in [0.25, 0.3) is 0 Å². The molecule has 1 unspecified atom stereocenters. The molecule has 3 aromatic rings. The maximum atomic E-state index is 14.5. The van der Waals surface area contributed by atoms with Gasteiger partial charge in [-0.25, -0.2) is 4.98 Å². The lowest BCUT2D eigenvalue weighted by molar-refractivity contribution is -0.139. The van der Waals surface area contributed by atoms with Crippen LogP contribution in [0.2, 0.25) is 0 Å². The van der Waals surface area contributed by atoms with Gasteiger partial charge in [-0.05, 0) is 119 Å². The average molecular weight is 1820 g/mol. The van der Waals surface area contributed by atoms with E-state index < -0.39 is 241 Å². The minimum absolute atomic E-state index is 0.00830. The number of hydrogen-bond donors (Lipinski definition) is 28. The van der Waals surface area contributed by atoms with Gasteiger partial charge in [0.05, 0.1) is 31.6 Å². The molecule has 0 aliphatic rings. The van der Waals surface area contributed by atoms with E-state index in [1.807, 2.05) is 0 Å². The highest BCUT2D eigenvalue weighted by atomic mass is 16.4. The fraction of sp³-hybridized carbons (Fsp3) is 0.573. The van der Waals surface area contributed by atoms with E-state index >= 15 is 0 Å². The number of phenols is 1. The molecule has 0 fully saturated rings. The number of aromatic hydroxyl groups is 1. The summed E-state index contributed by atoms with van der Waals surface area (Å²) in [7, 11) is 0. The first-order valence-corrected chi connectivity index (χ1v) is 42.4. The molecule has 1 aromatic heterocycles. The molecular weight excluding hydrogens is 1690 g/mol. The van der Waals surface area contributed by atoms with E-state index in [-0.39, 0.29) is 114 Å². The number of carboxylic acids is 1. The van der Waals surface area contributed by atoms with Crippen LogP contribution in [0.25, 0.3) is 0 Å². The van der Waals surface area contributed by atoms with Gasteiger partial charge in [-0.1, -0.05) is 97.4 Å². The number of guanidine groups is 2. The Morgan fingerprint density at radius 1 is 0.450 bits per heavy atom. The summed E-state index contributed by atoms with van der Waals surface area (Å²) in [5.41, 5.74) is 29.2. The second-order valence-electron chi connectivity index (χ2n) is 31.8. The van der Waals surface area contributed by atoms with E-state index in [2.05, 4.69) is 100 Å². The number of aromatic nitrogens is 2. The SMILES string of the molecule is CCC(NC(=O)[C@H](CO)NC(=O)CNC(=O)[C@H](Cc1c[nH]cn1)NC(=O)[C@H](CCCNC(=N)N)NC(=O)[C@H](C)NC(=O)[C@H](CCCCN)NC(=O)[C@H](CCC(=O)O)NC(=O)[C@H](CC(C)C)NC(=O)[C@H](CCCNC(=N)N)NC(=O)[C@@H](NC(C)=O)[C@@H](C)CC)C(=O)N[C@@H](CC(N)=O)C(=O)N[C@@H](Cc1ccc(O)cc1)C(=O)N[C@H](C(=O)N[C@@H](Cc1ccccc1)C(N)=O)C(C)C. The fourth-order valence-corrected chi connectivity index (χ4v) is 12.9. The number of aliphatic hydroxyl groups excluding tert-OH is 1. The zero-order chi connectivity index (χ0) is 96.7. The van der Waals surface area contributed by atoms with Crippen LogP contribution < -0.4 is 119 Å². The summed E-state index contributed by atoms with van der Waals surface area (Å²) in [6.07, 6.45) is 0.204. The van der Waals surface area contributed by atoms with Crippen LogP contribution >= 0.6 is 0 Å². The number of nitrogens with two attached hydrogens (primary N) is 5. The van der Waals surface area contributed by atoms with Gasteiger partial charge < -0.3 is 139 Å². The van der Waals surface area contributed by atoms with Crippen molar-refractivity contribution < 1.29 is 102 Å². The topological polar surface area (TPSA) is 779 Å². The number of carboxylic acid groups (broad SMARTS) is 1. The van der Waals surface area contributed by atoms with E-state index in [1.165, 1.54) is 57.6 Å². The van der Waals surface area contributed by atoms with Crippen molar-refractivity contribution in [3.8, 4) is 5.75 Å². The van der Waals surface area contributed by atoms with Crippen molar-refractivity contribution in [2.75, 3.05) is 32.8 Å². The van der Waals surface area contributed by atoms with Crippen molar-refractivity contribution in [1.29, 1.82) is 10.8 Å². The first-order chi connectivity index (χ1) is 60.9. The lowest BCUT2D eigenvalue weighted by atomic mass is 9.97. The van der Waals surface area contributed by atoms with Crippen LogP contribution in [0.5, 0.6) is 5.75 Å². The van der Waals surface area contributed by atoms with Crippen LogP contribution in [0.4, 0.5) is 0 Å². The summed E-state index contributed by atoms with van der Waals surface area (Å²) >= 11 is 0. The summed E-state index contributed by atoms with van der Waals surface area (Å²) in [6, 6.07) is -7.11. The number of phenolic OH excluding ortho intramolecular Hbond substituents is 1. The second kappa shape index (κ2) is 57.2. The minimum atomic E-state index is -1.85. The number of nitrogens with one attached hydrogen (secondary N) is 20. The smallest absolute Gasteiger partial charge is 0.303 e. The Kier molecular flexibility index (Phi) is 48.5. The number of primary amides is 2. The van der Waals surface area contributed by atoms with E-state index in [1.54, 1.807) is 71.9 Å². The number of rotatable bonds is 60. The Labute approximate surface area is 746 Å². The molecule has 1 heterocycles. The van der Waals surface area contributed by atoms with Crippen molar-refractivity contribution in [3.05, 3.63) is 83.9 Å². The van der Waals surface area contributed by atoms with Crippen molar-refractivity contribution >= 4 is 118 Å². The zero-order valence-corrected chi connectivity index (χ0v) is 74.0. The standard InChI is InChI=1S/C82H130N26O21/c1-10-44(7)66(96-46(9)110)80(129)102-54(23-18-32-92-82(88)89)73(122)104-57(33-42(3)4)75(124)101-55(28-29-64(114)115)74(123)100-52(21-15-16-30-83)71(120)95-45(8)68(117)99-53(22-17-31-91-81(86)87)72(121)106-59(36-49-38-90-41-94-49)69(118)93-39-63(113)97-61(40-109)78(127)98-51(11-2)70(119)107-60(37-62(84)112)76(125)105-58(35-48-24-26-50(111)27-25-48)77(126)108-65(43(5)6)79(128)103-56(67(85)116)34-47-19-13-12-14-20-47/h12-14,19-20,24-27,38,41-45,51-61,65-66,109,111H,10-11,15-18,21-23,28-37,39-40,83H2,1-9H3,(H2,84,112)(H2,85,116)(H,90,94)(H,93,118)(H,95,120)(H,96,110)(H,97,113)(H,98,127)(H,99,117)(H,100,123)(H,101,124)(H,102,129)(H,103,128)(H,104,122)(H,105,125)(H,106,121)(H,107,119)(H,108,126)(H,114,115)(H4,86,87,91)(H4,88,89,92)/t44-,45-,51?,52-,53-,54-,55-,56-,57-,58-,59-,60-,61-,65-,66-/m0/s1. The molecular formula is C82H130N26O21. The summed E-state index contributed by atoms with van der Waals surface area (Å²) < 4.78 is 0. The molecule has 2 aromatic carbocycles. The Balaban J connectivity index is 1.85. The lowest BCUT2D eigenvalue weighted by Gasteiger charge is -2.29. The largest absolute Gasteiger partial charge is 0.508 e. The van der Waals surface area contributed by atoms with Crippen molar-refractivity contribution in [3.63, 3.8) is 0 Å². The number of aliphatic hydroxyl groups is 1. The minimum Gasteiger partial charge on any atom is -0.508 e. The van der Waals surface area contributed by atoms with Crippen LogP contribution in [-0.4, -0.2) is 261 Å². The predicted molar refractivity (Wildman–Crippen MR) is 468 cm³/mol. The molecule has 17 amide bonds. The number of imidazole rings is 1. The number of aromatic amines is 1. The van der Waals surface area contributed by atoms with E-state index in [4.69, 9.17) is 39.5 Å². The molecule has 0 bridgehead atoms. The molecule has 47 heteroatoms. The second-order valence-corrected chi connectivity index (χ2v) is 31.8. The quantitative estimate of drug-likeness (QED) is 0.0142. The highest BCUT2D eigenvalue weighted by Crippen LogP contribution is 2.17. The number of hydrogen-bond acceptors (Lipinski definition) is 24. The van der Waals surface area contributed by atoms with E-state index in [9.17, 15) is 102 Å². The summed E-state index contributed by atoms with van der Waals surface area (Å²) in [5.74, 6) is -20.2. The van der Waals surface area contributed by atoms with Crippen molar-refractivity contribution in [2.24, 2.45) is 46.4 Å². The van der Waals surface area contributed by atoms with E-state index in [0.29, 0.717) is 24.0 Å². The fourth-order valence-electron chi connectivity index (χ4n) is 12.9. The molecule has 0 radical (unpaired) electrons. The third-order valence-corrected chi connectivity index (χ3v) is 20.2. The highest BCUT2D eigenvalue weighted by Gasteiger charge is 2.39. The first-order valence-electron chi connectivity index (χ1n) is 42.4. The molecule has 0 saturated carbocycles. The van der Waals surface area contributed by atoms with Gasteiger partial charge in [0, 0.05) is 51.9 Å². The third-order valence-electron chi connectivity index (χ3n) is 20.2. The molecule has 129 heavy (non-hydrogen) atoms. The monoisotopic (exact) mass is 1810 g/mol. The molecule has 0 spiro atoms. The number of carbonyl (C=O) groups excluding carboxylic acids is 17. The van der Waals surface area contributed by atoms with Gasteiger partial charge in [-0.15, -0.1) is 0 Å². The van der Waals surface area contributed by atoms with Crippen LogP contribution in [-0.2, 0) is 106 Å². The van der Waals surface area contributed by atoms with Crippen LogP contribution in [0.1, 0.15) is 163 Å². The number of H-pyrrole nitrogens is 1. The third kappa shape index (κ3) is 41.6. The Bertz CT molecular complexity index is 4280. The van der Waals surface area contributed by atoms with Gasteiger partial charge in [-0.2, -0.15) is 0 Å². The first kappa shape index (κ1) is 110. The molecule has 0 aliphatic carbocycles. The maximum Gasteiger partial charge on any atom is 0.303 e. The predicted octanol–water partition coefficient (Wildman–Crippen LogP) is -6.88. The van der Waals surface area contributed by atoms with Crippen LogP contribution in [0.3, 0.4) is 0 Å². The van der Waals surface area contributed by atoms with Gasteiger partial charge in [0.1, 0.15) is 90.3 Å². The number of nitrogens with zero attached hydrogens (tertiary/aromatic N) is 1. The number of unbranched alkanes of at least 4 members (excludes halogenated alkanes) is 1. The molecule has 15 atom stereocenters. The average Bonchev–Trinajstić information content (AvgIpc) is 0.845. The lowest BCUT2D eigenvalue weighted by Crippen LogP contribution is -2.61. The maximum absolute atomic E-state index is 14.5. The Morgan fingerprint density at radius 3 is 1.40 bits per heavy atom. The summed E-state index contributed by atoms with van der Waals surface area (Å²) in [5, 5.41) is 88.0. The van der Waals surface area contributed by atoms with Crippen LogP contribution in [0.15, 0.2) is 67.1 Å². The molecule has 0 saturated heterocycles. The number of amides is 17. The highest BCUT2D eigenvalue weighted by molar-refractivity contribution is 6.01. The van der Waals surface area contributed by atoms with E-state index in [0.717, 1.165) is 0 Å². The number of carbonyl (C=O) groups is 18. The normalized spacial score (nSPS) is 14.5. The Hall–Kier alpha value is -13.6. The zero-order valence-electron chi connectivity index (χ0n) is 74.0. The number of benzene rings is 2. The molecule has 714 valence electrons. The summed E-state index contributed by atoms with van der Waals surface area (Å²) in [4.78, 5) is 254. The number of aliphatic carboxylic acids is 1. The van der Waals surface area contributed by atoms with Gasteiger partial charge in [0.2, 0.25) is 100 Å². The Morgan fingerprint density at radius 2 is 0.899 bits per heavy atom. The molecule has 0 aliphatic heterocycles. The van der Waals surface area contributed by atoms with Gasteiger partial charge in [-0.3, -0.25) is 97.1 Å². The molecule has 47 nitrogen and oxygen atoms in total. The van der Waals surface area contributed by atoms with Crippen molar-refractivity contribution in [1.82, 2.24) is 100 Å². The van der Waals surface area contributed by atoms with Crippen molar-refractivity contribution in [2.45, 2.75) is 250 Å². The van der Waals surface area contributed by atoms with Gasteiger partial charge >= 0.3 is 5.97 Å². The van der Waals surface area contributed by atoms with Crippen LogP contribution in [0, 0.1) is 28.6 Å². The molecule has 3 rings (SSSR count).